The highest BCUT2D eigenvalue weighted by Crippen LogP contribution is 2.33. The summed E-state index contributed by atoms with van der Waals surface area (Å²) in [5, 5.41) is 9.75. The van der Waals surface area contributed by atoms with E-state index in [2.05, 4.69) is 11.0 Å². The van der Waals surface area contributed by atoms with Gasteiger partial charge in [-0.2, -0.15) is 5.26 Å². The molecule has 124 valence electrons. The minimum atomic E-state index is -0.455. The van der Waals surface area contributed by atoms with Crippen LogP contribution in [-0.2, 0) is 4.74 Å². The monoisotopic (exact) mass is 307 g/mol. The fraction of sp³-hybridized carbons (Fsp3) is 0.882. The summed E-state index contributed by atoms with van der Waals surface area (Å²) in [7, 11) is 0. The molecule has 1 aliphatic carbocycles. The Balaban J connectivity index is 1.93. The molecule has 1 heterocycles. The van der Waals surface area contributed by atoms with Crippen LogP contribution in [-0.4, -0.2) is 53.2 Å². The molecule has 0 aromatic rings. The van der Waals surface area contributed by atoms with E-state index in [0.717, 1.165) is 38.8 Å². The molecule has 0 aromatic carbocycles. The molecule has 0 bridgehead atoms. The summed E-state index contributed by atoms with van der Waals surface area (Å²) in [6.45, 7) is 8.50. The summed E-state index contributed by atoms with van der Waals surface area (Å²) in [6, 6.07) is 2.60. The van der Waals surface area contributed by atoms with E-state index in [1.807, 2.05) is 20.8 Å². The van der Waals surface area contributed by atoms with Gasteiger partial charge in [-0.15, -0.1) is 0 Å². The number of ether oxygens (including phenoxy) is 1. The van der Waals surface area contributed by atoms with Gasteiger partial charge in [-0.05, 0) is 33.6 Å². The summed E-state index contributed by atoms with van der Waals surface area (Å²) >= 11 is 0. The van der Waals surface area contributed by atoms with E-state index in [-0.39, 0.29) is 11.6 Å². The van der Waals surface area contributed by atoms with Crippen LogP contribution in [0.15, 0.2) is 0 Å². The minimum absolute atomic E-state index is 0.237. The largest absolute Gasteiger partial charge is 0.444 e. The number of rotatable bonds is 1. The van der Waals surface area contributed by atoms with E-state index in [1.54, 1.807) is 4.90 Å². The van der Waals surface area contributed by atoms with Crippen LogP contribution >= 0.6 is 0 Å². The summed E-state index contributed by atoms with van der Waals surface area (Å²) < 4.78 is 5.43. The molecule has 2 fully saturated rings. The fourth-order valence-corrected chi connectivity index (χ4v) is 3.46. The summed E-state index contributed by atoms with van der Waals surface area (Å²) in [5.74, 6) is 0. The standard InChI is InChI=1S/C17H29N3O2/c1-16(2,3)22-15(21)19-10-12-20(13-11-19)17(14-18)8-6-4-5-7-9-17/h4-13H2,1-3H3. The molecule has 1 saturated carbocycles. The highest BCUT2D eigenvalue weighted by atomic mass is 16.6. The maximum absolute atomic E-state index is 12.1. The second-order valence-corrected chi connectivity index (χ2v) is 7.51. The summed E-state index contributed by atoms with van der Waals surface area (Å²) in [5.41, 5.74) is -0.764. The maximum Gasteiger partial charge on any atom is 0.410 e. The number of nitriles is 1. The van der Waals surface area contributed by atoms with E-state index in [4.69, 9.17) is 4.74 Å². The highest BCUT2D eigenvalue weighted by molar-refractivity contribution is 5.68. The van der Waals surface area contributed by atoms with Crippen LogP contribution < -0.4 is 0 Å². The first kappa shape index (κ1) is 17.1. The second-order valence-electron chi connectivity index (χ2n) is 7.51. The molecule has 0 N–H and O–H groups in total. The van der Waals surface area contributed by atoms with Gasteiger partial charge in [-0.3, -0.25) is 4.90 Å². The summed E-state index contributed by atoms with van der Waals surface area (Å²) in [4.78, 5) is 16.2. The van der Waals surface area contributed by atoms with Crippen LogP contribution in [0.4, 0.5) is 4.79 Å². The van der Waals surface area contributed by atoms with Crippen molar-refractivity contribution < 1.29 is 9.53 Å². The molecule has 0 unspecified atom stereocenters. The van der Waals surface area contributed by atoms with Gasteiger partial charge in [0.1, 0.15) is 11.1 Å². The van der Waals surface area contributed by atoms with Gasteiger partial charge >= 0.3 is 6.09 Å². The lowest BCUT2D eigenvalue weighted by atomic mass is 9.89. The van der Waals surface area contributed by atoms with E-state index in [9.17, 15) is 10.1 Å². The van der Waals surface area contributed by atoms with Gasteiger partial charge in [0, 0.05) is 26.2 Å². The predicted molar refractivity (Wildman–Crippen MR) is 85.4 cm³/mol. The quantitative estimate of drug-likeness (QED) is 0.698. The number of piperazine rings is 1. The molecule has 1 amide bonds. The third-order valence-corrected chi connectivity index (χ3v) is 4.68. The number of hydrogen-bond donors (Lipinski definition) is 0. The van der Waals surface area contributed by atoms with Crippen LogP contribution in [0.2, 0.25) is 0 Å². The molecule has 22 heavy (non-hydrogen) atoms. The number of amides is 1. The molecule has 0 spiro atoms. The Morgan fingerprint density at radius 3 is 2.05 bits per heavy atom. The molecular weight excluding hydrogens is 278 g/mol. The number of hydrogen-bond acceptors (Lipinski definition) is 4. The van der Waals surface area contributed by atoms with Crippen LogP contribution in [0.3, 0.4) is 0 Å². The lowest BCUT2D eigenvalue weighted by molar-refractivity contribution is 0.00267. The molecular formula is C17H29N3O2. The first-order valence-electron chi connectivity index (χ1n) is 8.51. The summed E-state index contributed by atoms with van der Waals surface area (Å²) in [6.07, 6.45) is 6.45. The first-order valence-corrected chi connectivity index (χ1v) is 8.51. The maximum atomic E-state index is 12.1. The molecule has 0 radical (unpaired) electrons. The second kappa shape index (κ2) is 6.87. The number of carbonyl (C=O) groups excluding carboxylic acids is 1. The van der Waals surface area contributed by atoms with E-state index >= 15 is 0 Å². The Morgan fingerprint density at radius 2 is 1.59 bits per heavy atom. The zero-order valence-corrected chi connectivity index (χ0v) is 14.2. The molecule has 2 rings (SSSR count). The minimum Gasteiger partial charge on any atom is -0.444 e. The van der Waals surface area contributed by atoms with Crippen LogP contribution in [0, 0.1) is 11.3 Å². The van der Waals surface area contributed by atoms with Crippen molar-refractivity contribution in [3.8, 4) is 6.07 Å². The van der Waals surface area contributed by atoms with Gasteiger partial charge < -0.3 is 9.64 Å². The van der Waals surface area contributed by atoms with Crippen LogP contribution in [0.5, 0.6) is 0 Å². The van der Waals surface area contributed by atoms with E-state index in [1.165, 1.54) is 12.8 Å². The van der Waals surface area contributed by atoms with E-state index in [0.29, 0.717) is 13.1 Å². The zero-order chi connectivity index (χ0) is 16.2. The molecule has 2 aliphatic rings. The SMILES string of the molecule is CC(C)(C)OC(=O)N1CCN(C2(C#N)CCCCCC2)CC1. The van der Waals surface area contributed by atoms with Crippen molar-refractivity contribution in [3.63, 3.8) is 0 Å². The molecule has 1 saturated heterocycles. The molecule has 5 heteroatoms. The Kier molecular flexibility index (Phi) is 5.33. The van der Waals surface area contributed by atoms with Gasteiger partial charge in [0.25, 0.3) is 0 Å². The fourth-order valence-electron chi connectivity index (χ4n) is 3.46. The molecule has 1 aliphatic heterocycles. The van der Waals surface area contributed by atoms with Crippen LogP contribution in [0.1, 0.15) is 59.3 Å². The van der Waals surface area contributed by atoms with Crippen molar-refractivity contribution in [1.82, 2.24) is 9.80 Å². The Morgan fingerprint density at radius 1 is 1.05 bits per heavy atom. The first-order chi connectivity index (χ1) is 10.4. The van der Waals surface area contributed by atoms with Crippen molar-refractivity contribution in [2.45, 2.75) is 70.4 Å². The van der Waals surface area contributed by atoms with Crippen LogP contribution in [0.25, 0.3) is 0 Å². The lowest BCUT2D eigenvalue weighted by Gasteiger charge is -2.43. The number of nitrogens with zero attached hydrogens (tertiary/aromatic N) is 3. The smallest absolute Gasteiger partial charge is 0.410 e. The average Bonchev–Trinajstić information content (AvgIpc) is 2.72. The number of carbonyl (C=O) groups is 1. The van der Waals surface area contributed by atoms with Gasteiger partial charge in [0.05, 0.1) is 6.07 Å². The van der Waals surface area contributed by atoms with Gasteiger partial charge in [-0.25, -0.2) is 4.79 Å². The highest BCUT2D eigenvalue weighted by Gasteiger charge is 2.39. The normalized spacial score (nSPS) is 23.5. The van der Waals surface area contributed by atoms with Gasteiger partial charge in [0.2, 0.25) is 0 Å². The Labute approximate surface area is 134 Å². The zero-order valence-electron chi connectivity index (χ0n) is 14.2. The topological polar surface area (TPSA) is 56.6 Å². The Bertz CT molecular complexity index is 420. The predicted octanol–water partition coefficient (Wildman–Crippen LogP) is 3.16. The molecule has 5 nitrogen and oxygen atoms in total. The van der Waals surface area contributed by atoms with E-state index < -0.39 is 5.60 Å². The molecule has 0 aromatic heterocycles. The third-order valence-electron chi connectivity index (χ3n) is 4.68. The lowest BCUT2D eigenvalue weighted by Crippen LogP contribution is -2.57. The average molecular weight is 307 g/mol. The Hall–Kier alpha value is -1.28. The van der Waals surface area contributed by atoms with Crippen molar-refractivity contribution in [2.24, 2.45) is 0 Å². The third kappa shape index (κ3) is 4.13. The van der Waals surface area contributed by atoms with Crippen molar-refractivity contribution in [2.75, 3.05) is 26.2 Å². The van der Waals surface area contributed by atoms with Crippen molar-refractivity contribution >= 4 is 6.09 Å². The van der Waals surface area contributed by atoms with Gasteiger partial charge in [0.15, 0.2) is 0 Å². The molecule has 0 atom stereocenters. The van der Waals surface area contributed by atoms with Crippen molar-refractivity contribution in [1.29, 1.82) is 5.26 Å². The van der Waals surface area contributed by atoms with Gasteiger partial charge in [-0.1, -0.05) is 25.7 Å². The van der Waals surface area contributed by atoms with Crippen molar-refractivity contribution in [3.05, 3.63) is 0 Å².